The average molecular weight is 617 g/mol. The van der Waals surface area contributed by atoms with E-state index in [4.69, 9.17) is 6.72 Å². The molecule has 2 heteroatoms. The molecule has 0 bridgehead atoms. The maximum Gasteiger partial charge on any atom is 0.126 e. The lowest BCUT2D eigenvalue weighted by molar-refractivity contribution is -0.463. The van der Waals surface area contributed by atoms with Gasteiger partial charge in [0.1, 0.15) is 17.8 Å². The van der Waals surface area contributed by atoms with Gasteiger partial charge in [0.15, 0.2) is 0 Å². The third kappa shape index (κ3) is 6.52. The molecule has 7 rings (SSSR count). The molecule has 1 aliphatic heterocycles. The summed E-state index contributed by atoms with van der Waals surface area (Å²) in [6.07, 6.45) is 30.5. The SMILES string of the molecule is C=[N+]1C(C(Nc2c(C3CCCCC3)cccc2C2CCCCC2)c2ccccc2C(C)C)=CC=C[C-]1C1CCCC2CCCCC21. The van der Waals surface area contributed by atoms with Crippen molar-refractivity contribution in [3.05, 3.63) is 94.7 Å². The van der Waals surface area contributed by atoms with Crippen LogP contribution >= 0.6 is 0 Å². The fourth-order valence-corrected chi connectivity index (χ4v) is 10.5. The van der Waals surface area contributed by atoms with E-state index in [0.717, 1.165) is 11.8 Å². The molecule has 4 saturated carbocycles. The summed E-state index contributed by atoms with van der Waals surface area (Å²) in [6, 6.07) is 18.1. The quantitative estimate of drug-likeness (QED) is 0.230. The van der Waals surface area contributed by atoms with E-state index in [1.807, 2.05) is 0 Å². The third-order valence-electron chi connectivity index (χ3n) is 12.8. The van der Waals surface area contributed by atoms with E-state index in [9.17, 15) is 0 Å². The molecule has 0 saturated heterocycles. The maximum atomic E-state index is 4.90. The van der Waals surface area contributed by atoms with Crippen LogP contribution in [0.15, 0.2) is 66.4 Å². The Hall–Kier alpha value is -2.74. The molecular weight excluding hydrogens is 556 g/mol. The van der Waals surface area contributed by atoms with Gasteiger partial charge in [-0.2, -0.15) is 0 Å². The molecule has 246 valence electrons. The Bertz CT molecular complexity index is 1360. The lowest BCUT2D eigenvalue weighted by Crippen LogP contribution is -2.39. The zero-order chi connectivity index (χ0) is 31.5. The van der Waals surface area contributed by atoms with E-state index in [1.54, 1.807) is 11.1 Å². The van der Waals surface area contributed by atoms with Gasteiger partial charge in [0.25, 0.3) is 0 Å². The molecule has 4 fully saturated rings. The highest BCUT2D eigenvalue weighted by atomic mass is 15.1. The number of hydrogen-bond acceptors (Lipinski definition) is 1. The van der Waals surface area contributed by atoms with Crippen LogP contribution in [0.3, 0.4) is 0 Å². The smallest absolute Gasteiger partial charge is 0.126 e. The molecule has 0 amide bonds. The number of nitrogens with zero attached hydrogens (tertiary/aromatic N) is 1. The molecule has 2 aromatic carbocycles. The van der Waals surface area contributed by atoms with E-state index in [-0.39, 0.29) is 6.04 Å². The summed E-state index contributed by atoms with van der Waals surface area (Å²) in [5.41, 5.74) is 8.80. The number of rotatable bonds is 8. The van der Waals surface area contributed by atoms with Crippen LogP contribution in [0.4, 0.5) is 5.69 Å². The lowest BCUT2D eigenvalue weighted by Gasteiger charge is -2.45. The highest BCUT2D eigenvalue weighted by Crippen LogP contribution is 2.50. The number of allylic oxidation sites excluding steroid dienone is 2. The summed E-state index contributed by atoms with van der Waals surface area (Å²) < 4.78 is 2.40. The normalized spacial score (nSPS) is 26.9. The largest absolute Gasteiger partial charge is 0.376 e. The molecule has 4 aliphatic carbocycles. The van der Waals surface area contributed by atoms with Crippen LogP contribution in [-0.4, -0.2) is 11.3 Å². The average Bonchev–Trinajstić information content (AvgIpc) is 3.11. The molecule has 0 radical (unpaired) electrons. The van der Waals surface area contributed by atoms with Crippen LogP contribution in [0.5, 0.6) is 0 Å². The van der Waals surface area contributed by atoms with E-state index in [1.165, 1.54) is 138 Å². The molecule has 5 aliphatic rings. The van der Waals surface area contributed by atoms with Gasteiger partial charge in [-0.25, -0.2) is 0 Å². The van der Waals surface area contributed by atoms with Crippen molar-refractivity contribution in [1.29, 1.82) is 0 Å². The first kappa shape index (κ1) is 31.8. The molecule has 0 aromatic heterocycles. The topological polar surface area (TPSA) is 15.0 Å². The highest BCUT2D eigenvalue weighted by molar-refractivity contribution is 5.63. The third-order valence-corrected chi connectivity index (χ3v) is 12.8. The van der Waals surface area contributed by atoms with E-state index in [2.05, 4.69) is 84.4 Å². The van der Waals surface area contributed by atoms with Crippen LogP contribution in [0.2, 0.25) is 0 Å². The Morgan fingerprint density at radius 2 is 1.30 bits per heavy atom. The minimum Gasteiger partial charge on any atom is -0.376 e. The highest BCUT2D eigenvalue weighted by Gasteiger charge is 2.42. The first-order valence-corrected chi connectivity index (χ1v) is 19.4. The summed E-state index contributed by atoms with van der Waals surface area (Å²) in [4.78, 5) is 0. The van der Waals surface area contributed by atoms with Crippen LogP contribution in [-0.2, 0) is 0 Å². The first-order valence-electron chi connectivity index (χ1n) is 19.4. The predicted molar refractivity (Wildman–Crippen MR) is 196 cm³/mol. The number of anilines is 1. The van der Waals surface area contributed by atoms with Crippen LogP contribution in [0, 0.1) is 23.8 Å². The zero-order valence-electron chi connectivity index (χ0n) is 29.0. The van der Waals surface area contributed by atoms with Crippen molar-refractivity contribution in [3.63, 3.8) is 0 Å². The molecule has 46 heavy (non-hydrogen) atoms. The molecule has 1 N–H and O–H groups in total. The fourth-order valence-electron chi connectivity index (χ4n) is 10.5. The second kappa shape index (κ2) is 14.6. The van der Waals surface area contributed by atoms with E-state index >= 15 is 0 Å². The fraction of sp³-hybridized carbons (Fsp3) is 0.591. The van der Waals surface area contributed by atoms with Crippen molar-refractivity contribution in [2.24, 2.45) is 17.8 Å². The number of benzene rings is 2. The standard InChI is InChI=1S/C44H60N2/c1-31(2)35-23-12-13-25-40(35)44(42-30-16-29-41(46(42)3)39-28-14-22-32-21-10-11-24-36(32)39)45-43-37(33-17-6-4-7-18-33)26-15-27-38(43)34-19-8-5-9-20-34/h12-13,15-16,23,25-27,29-34,36,39,44-45H,3-11,14,17-22,24,28H2,1-2H3. The molecule has 0 spiro atoms. The number of fused-ring (bicyclic) bond motifs is 1. The maximum absolute atomic E-state index is 4.90. The van der Waals surface area contributed by atoms with Gasteiger partial charge >= 0.3 is 0 Å². The predicted octanol–water partition coefficient (Wildman–Crippen LogP) is 12.4. The van der Waals surface area contributed by atoms with Gasteiger partial charge in [0.2, 0.25) is 0 Å². The van der Waals surface area contributed by atoms with Gasteiger partial charge in [-0.1, -0.05) is 146 Å². The van der Waals surface area contributed by atoms with Gasteiger partial charge in [-0.15, -0.1) is 6.08 Å². The zero-order valence-corrected chi connectivity index (χ0v) is 29.0. The summed E-state index contributed by atoms with van der Waals surface area (Å²) in [5, 5.41) is 4.41. The van der Waals surface area contributed by atoms with E-state index in [0.29, 0.717) is 23.7 Å². The Kier molecular flexibility index (Phi) is 10.1. The van der Waals surface area contributed by atoms with Gasteiger partial charge in [0.05, 0.1) is 6.72 Å². The van der Waals surface area contributed by atoms with Crippen molar-refractivity contribution in [1.82, 2.24) is 0 Å². The molecule has 4 atom stereocenters. The molecule has 1 heterocycles. The van der Waals surface area contributed by atoms with Gasteiger partial charge < -0.3 is 5.32 Å². The molecule has 2 aromatic rings. The van der Waals surface area contributed by atoms with Gasteiger partial charge in [-0.3, -0.25) is 4.58 Å². The van der Waals surface area contributed by atoms with Crippen molar-refractivity contribution < 1.29 is 4.58 Å². The summed E-state index contributed by atoms with van der Waals surface area (Å²) in [7, 11) is 0. The summed E-state index contributed by atoms with van der Waals surface area (Å²) >= 11 is 0. The van der Waals surface area contributed by atoms with E-state index < -0.39 is 0 Å². The number of hydrogen-bond donors (Lipinski definition) is 1. The van der Waals surface area contributed by atoms with Gasteiger partial charge in [0, 0.05) is 11.6 Å². The summed E-state index contributed by atoms with van der Waals surface area (Å²) in [5.74, 6) is 4.13. The van der Waals surface area contributed by atoms with Crippen LogP contribution in [0.25, 0.3) is 0 Å². The second-order valence-electron chi connectivity index (χ2n) is 15.9. The van der Waals surface area contributed by atoms with Crippen LogP contribution in [0.1, 0.15) is 169 Å². The lowest BCUT2D eigenvalue weighted by atomic mass is 9.63. The van der Waals surface area contributed by atoms with Crippen molar-refractivity contribution in [2.45, 2.75) is 147 Å². The Labute approximate surface area is 280 Å². The second-order valence-corrected chi connectivity index (χ2v) is 15.9. The minimum atomic E-state index is 0.0499. The van der Waals surface area contributed by atoms with Gasteiger partial charge in [-0.05, 0) is 83.9 Å². The summed E-state index contributed by atoms with van der Waals surface area (Å²) in [6.45, 7) is 9.62. The number of para-hydroxylation sites is 1. The Morgan fingerprint density at radius 1 is 0.696 bits per heavy atom. The molecular formula is C44H60N2. The number of nitrogens with one attached hydrogen (secondary N) is 1. The molecule has 4 unspecified atom stereocenters. The van der Waals surface area contributed by atoms with Crippen molar-refractivity contribution in [2.75, 3.05) is 5.32 Å². The first-order chi connectivity index (χ1) is 22.6. The Morgan fingerprint density at radius 3 is 1.98 bits per heavy atom. The minimum absolute atomic E-state index is 0.0499. The van der Waals surface area contributed by atoms with Crippen LogP contribution < -0.4 is 5.32 Å². The monoisotopic (exact) mass is 616 g/mol. The van der Waals surface area contributed by atoms with Crippen molar-refractivity contribution >= 4 is 12.4 Å². The van der Waals surface area contributed by atoms with Crippen molar-refractivity contribution in [3.8, 4) is 0 Å². The molecule has 2 nitrogen and oxygen atoms in total. The Balaban J connectivity index is 1.31.